The molecular weight excluding hydrogens is 236 g/mol. The monoisotopic (exact) mass is 252 g/mol. The summed E-state index contributed by atoms with van der Waals surface area (Å²) in [6.07, 6.45) is -0.602. The van der Waals surface area contributed by atoms with Crippen molar-refractivity contribution < 1.29 is 19.4 Å². The lowest BCUT2D eigenvalue weighted by Gasteiger charge is -2.13. The number of hydrogen-bond donors (Lipinski definition) is 3. The summed E-state index contributed by atoms with van der Waals surface area (Å²) < 4.78 is 4.90. The van der Waals surface area contributed by atoms with E-state index in [1.807, 2.05) is 30.3 Å². The highest BCUT2D eigenvalue weighted by Crippen LogP contribution is 2.01. The van der Waals surface area contributed by atoms with Gasteiger partial charge in [-0.05, 0) is 18.5 Å². The maximum absolute atomic E-state index is 11.4. The molecule has 0 aliphatic rings. The first-order valence-corrected chi connectivity index (χ1v) is 5.53. The molecule has 0 aliphatic heterocycles. The van der Waals surface area contributed by atoms with E-state index in [0.29, 0.717) is 0 Å². The van der Waals surface area contributed by atoms with Crippen molar-refractivity contribution in [1.29, 1.82) is 0 Å². The van der Waals surface area contributed by atoms with Crippen molar-refractivity contribution in [2.24, 2.45) is 5.73 Å². The molecule has 0 spiro atoms. The summed E-state index contributed by atoms with van der Waals surface area (Å²) >= 11 is 0. The number of carbonyl (C=O) groups is 2. The van der Waals surface area contributed by atoms with Crippen LogP contribution in [0.25, 0.3) is 0 Å². The fourth-order valence-electron chi connectivity index (χ4n) is 1.33. The van der Waals surface area contributed by atoms with E-state index in [1.54, 1.807) is 0 Å². The molecule has 0 saturated heterocycles. The molecule has 0 aliphatic carbocycles. The number of carbonyl (C=O) groups excluding carboxylic acids is 1. The molecule has 1 aromatic carbocycles. The molecule has 0 saturated carbocycles. The third-order valence-corrected chi connectivity index (χ3v) is 2.26. The third kappa shape index (κ3) is 4.84. The number of carboxylic acids is 1. The van der Waals surface area contributed by atoms with E-state index in [2.05, 4.69) is 5.32 Å². The molecule has 0 radical (unpaired) electrons. The van der Waals surface area contributed by atoms with Crippen LogP contribution in [0.1, 0.15) is 12.0 Å². The summed E-state index contributed by atoms with van der Waals surface area (Å²) in [5, 5.41) is 11.1. The lowest BCUT2D eigenvalue weighted by atomic mass is 10.2. The van der Waals surface area contributed by atoms with Gasteiger partial charge in [-0.15, -0.1) is 0 Å². The Balaban J connectivity index is 2.39. The maximum atomic E-state index is 11.4. The summed E-state index contributed by atoms with van der Waals surface area (Å²) in [5.41, 5.74) is 6.08. The molecule has 6 nitrogen and oxygen atoms in total. The van der Waals surface area contributed by atoms with E-state index < -0.39 is 18.1 Å². The van der Waals surface area contributed by atoms with Gasteiger partial charge in [-0.25, -0.2) is 9.59 Å². The fraction of sp³-hybridized carbons (Fsp3) is 0.333. The Morgan fingerprint density at radius 2 is 2.00 bits per heavy atom. The minimum atomic E-state index is -1.13. The number of ether oxygens (including phenoxy) is 1. The number of aliphatic carboxylic acids is 1. The Bertz CT molecular complexity index is 394. The van der Waals surface area contributed by atoms with Crippen LogP contribution >= 0.6 is 0 Å². The molecule has 0 aromatic heterocycles. The normalized spacial score (nSPS) is 11.6. The fourth-order valence-corrected chi connectivity index (χ4v) is 1.33. The predicted octanol–water partition coefficient (Wildman–Crippen LogP) is 0.715. The first-order chi connectivity index (χ1) is 8.63. The van der Waals surface area contributed by atoms with Gasteiger partial charge >= 0.3 is 12.1 Å². The van der Waals surface area contributed by atoms with Crippen LogP contribution in [0.2, 0.25) is 0 Å². The predicted molar refractivity (Wildman–Crippen MR) is 64.9 cm³/mol. The van der Waals surface area contributed by atoms with E-state index in [1.165, 1.54) is 0 Å². The van der Waals surface area contributed by atoms with Gasteiger partial charge in [-0.2, -0.15) is 0 Å². The van der Waals surface area contributed by atoms with Crippen molar-refractivity contribution in [1.82, 2.24) is 5.32 Å². The van der Waals surface area contributed by atoms with Crippen molar-refractivity contribution in [2.45, 2.75) is 19.1 Å². The Labute approximate surface area is 105 Å². The Kier molecular flexibility index (Phi) is 5.66. The molecule has 0 fully saturated rings. The lowest BCUT2D eigenvalue weighted by Crippen LogP contribution is -2.42. The van der Waals surface area contributed by atoms with Gasteiger partial charge in [0.1, 0.15) is 12.6 Å². The SMILES string of the molecule is NCCC(NC(=O)OCc1ccccc1)C(=O)O. The van der Waals surface area contributed by atoms with Crippen molar-refractivity contribution in [3.8, 4) is 0 Å². The van der Waals surface area contributed by atoms with Gasteiger partial charge < -0.3 is 20.9 Å². The number of carboxylic acid groups (broad SMARTS) is 1. The van der Waals surface area contributed by atoms with Crippen LogP contribution < -0.4 is 11.1 Å². The van der Waals surface area contributed by atoms with Crippen molar-refractivity contribution in [3.05, 3.63) is 35.9 Å². The molecule has 1 rings (SSSR count). The lowest BCUT2D eigenvalue weighted by molar-refractivity contribution is -0.139. The molecule has 0 bridgehead atoms. The molecule has 1 unspecified atom stereocenters. The second kappa shape index (κ2) is 7.29. The minimum Gasteiger partial charge on any atom is -0.480 e. The molecular formula is C12H16N2O4. The number of nitrogens with two attached hydrogens (primary N) is 1. The highest BCUT2D eigenvalue weighted by molar-refractivity contribution is 5.79. The molecule has 1 atom stereocenters. The quantitative estimate of drug-likeness (QED) is 0.692. The number of alkyl carbamates (subject to hydrolysis) is 1. The van der Waals surface area contributed by atoms with Crippen molar-refractivity contribution in [3.63, 3.8) is 0 Å². The number of rotatable bonds is 6. The Hall–Kier alpha value is -2.08. The van der Waals surface area contributed by atoms with Crippen LogP contribution in [-0.2, 0) is 16.1 Å². The molecule has 6 heteroatoms. The average molecular weight is 252 g/mol. The second-order valence-electron chi connectivity index (χ2n) is 3.67. The number of amides is 1. The van der Waals surface area contributed by atoms with Gasteiger partial charge in [0, 0.05) is 0 Å². The molecule has 1 aromatic rings. The van der Waals surface area contributed by atoms with Crippen molar-refractivity contribution >= 4 is 12.1 Å². The van der Waals surface area contributed by atoms with Gasteiger partial charge in [-0.3, -0.25) is 0 Å². The molecule has 0 heterocycles. The van der Waals surface area contributed by atoms with E-state index >= 15 is 0 Å². The molecule has 1 amide bonds. The molecule has 98 valence electrons. The molecule has 18 heavy (non-hydrogen) atoms. The third-order valence-electron chi connectivity index (χ3n) is 2.26. The van der Waals surface area contributed by atoms with Crippen LogP contribution in [-0.4, -0.2) is 29.8 Å². The van der Waals surface area contributed by atoms with E-state index in [0.717, 1.165) is 5.56 Å². The van der Waals surface area contributed by atoms with Crippen LogP contribution in [0.5, 0.6) is 0 Å². The average Bonchev–Trinajstić information content (AvgIpc) is 2.37. The van der Waals surface area contributed by atoms with Gasteiger partial charge in [0.05, 0.1) is 0 Å². The number of nitrogens with one attached hydrogen (secondary N) is 1. The summed E-state index contributed by atoms with van der Waals surface area (Å²) in [6, 6.07) is 8.10. The summed E-state index contributed by atoms with van der Waals surface area (Å²) in [7, 11) is 0. The van der Waals surface area contributed by atoms with Gasteiger partial charge in [0.25, 0.3) is 0 Å². The van der Waals surface area contributed by atoms with Crippen LogP contribution in [0.4, 0.5) is 4.79 Å². The highest BCUT2D eigenvalue weighted by Gasteiger charge is 2.19. The first kappa shape index (κ1) is 14.0. The van der Waals surface area contributed by atoms with Gasteiger partial charge in [-0.1, -0.05) is 30.3 Å². The van der Waals surface area contributed by atoms with Gasteiger partial charge in [0.2, 0.25) is 0 Å². The Morgan fingerprint density at radius 3 is 2.56 bits per heavy atom. The standard InChI is InChI=1S/C12H16N2O4/c13-7-6-10(11(15)16)14-12(17)18-8-9-4-2-1-3-5-9/h1-5,10H,6-8,13H2,(H,14,17)(H,15,16). The first-order valence-electron chi connectivity index (χ1n) is 5.53. The summed E-state index contributed by atoms with van der Waals surface area (Å²) in [4.78, 5) is 22.1. The van der Waals surface area contributed by atoms with E-state index in [-0.39, 0.29) is 19.6 Å². The summed E-state index contributed by atoms with van der Waals surface area (Å²) in [5.74, 6) is -1.13. The summed E-state index contributed by atoms with van der Waals surface area (Å²) in [6.45, 7) is 0.275. The largest absolute Gasteiger partial charge is 0.480 e. The van der Waals surface area contributed by atoms with Crippen LogP contribution in [0.3, 0.4) is 0 Å². The smallest absolute Gasteiger partial charge is 0.408 e. The Morgan fingerprint density at radius 1 is 1.33 bits per heavy atom. The number of hydrogen-bond acceptors (Lipinski definition) is 4. The number of benzene rings is 1. The second-order valence-corrected chi connectivity index (χ2v) is 3.67. The van der Waals surface area contributed by atoms with E-state index in [9.17, 15) is 9.59 Å². The van der Waals surface area contributed by atoms with Gasteiger partial charge in [0.15, 0.2) is 0 Å². The maximum Gasteiger partial charge on any atom is 0.408 e. The zero-order valence-electron chi connectivity index (χ0n) is 9.83. The zero-order valence-corrected chi connectivity index (χ0v) is 9.83. The van der Waals surface area contributed by atoms with Crippen LogP contribution in [0, 0.1) is 0 Å². The topological polar surface area (TPSA) is 102 Å². The van der Waals surface area contributed by atoms with E-state index in [4.69, 9.17) is 15.6 Å². The minimum absolute atomic E-state index is 0.0988. The highest BCUT2D eigenvalue weighted by atomic mass is 16.5. The van der Waals surface area contributed by atoms with Crippen molar-refractivity contribution in [2.75, 3.05) is 6.54 Å². The van der Waals surface area contributed by atoms with Crippen LogP contribution in [0.15, 0.2) is 30.3 Å². The zero-order chi connectivity index (χ0) is 13.4. The molecule has 4 N–H and O–H groups in total.